The van der Waals surface area contributed by atoms with Crippen molar-refractivity contribution in [3.8, 4) is 0 Å². The van der Waals surface area contributed by atoms with E-state index in [1.807, 2.05) is 19.1 Å². The van der Waals surface area contributed by atoms with Crippen LogP contribution in [0.4, 0.5) is 0 Å². The number of nitrogens with one attached hydrogen (secondary N) is 2. The van der Waals surface area contributed by atoms with Gasteiger partial charge in [0.25, 0.3) is 17.7 Å². The molecule has 2 N–H and O–H groups in total. The lowest BCUT2D eigenvalue weighted by Crippen LogP contribution is -2.51. The number of hydrogen-bond acceptors (Lipinski definition) is 4. The summed E-state index contributed by atoms with van der Waals surface area (Å²) in [5.41, 5.74) is 7.07. The molecule has 0 spiro atoms. The first-order chi connectivity index (χ1) is 13.0. The van der Waals surface area contributed by atoms with Crippen molar-refractivity contribution in [1.29, 1.82) is 0 Å². The molecule has 1 aliphatic rings. The van der Waals surface area contributed by atoms with Gasteiger partial charge < -0.3 is 0 Å². The van der Waals surface area contributed by atoms with E-state index in [0.29, 0.717) is 16.7 Å². The van der Waals surface area contributed by atoms with Crippen LogP contribution in [0.1, 0.15) is 38.8 Å². The maximum Gasteiger partial charge on any atom is 0.269 e. The minimum absolute atomic E-state index is 0.0608. The predicted molar refractivity (Wildman–Crippen MR) is 97.6 cm³/mol. The topological polar surface area (TPSA) is 95.6 Å². The Morgan fingerprint density at radius 1 is 1.00 bits per heavy atom. The number of hydrazine groups is 1. The van der Waals surface area contributed by atoms with Crippen molar-refractivity contribution in [2.45, 2.75) is 19.8 Å². The van der Waals surface area contributed by atoms with E-state index in [1.165, 1.54) is 0 Å². The van der Waals surface area contributed by atoms with Gasteiger partial charge in [-0.05, 0) is 35.7 Å². The Balaban J connectivity index is 1.58. The fourth-order valence-corrected chi connectivity index (χ4v) is 2.83. The lowest BCUT2D eigenvalue weighted by atomic mass is 9.98. The standard InChI is InChI=1S/C20H19N3O4/c1-2-13-7-9-14(10-8-13)19(26)22-21-17(24)12-23-18(25)11-15-5-3-4-6-16(15)20(23)27/h3-10H,2,11-12H2,1H3,(H,21,24)(H,22,26). The van der Waals surface area contributed by atoms with Crippen LogP contribution in [0.3, 0.4) is 0 Å². The van der Waals surface area contributed by atoms with Gasteiger partial charge in [0.1, 0.15) is 6.54 Å². The average Bonchev–Trinajstić information content (AvgIpc) is 2.69. The first-order valence-corrected chi connectivity index (χ1v) is 8.60. The Kier molecular flexibility index (Phi) is 5.30. The molecule has 0 aliphatic carbocycles. The third-order valence-corrected chi connectivity index (χ3v) is 4.38. The number of amides is 4. The molecule has 1 heterocycles. The van der Waals surface area contributed by atoms with Gasteiger partial charge in [0.2, 0.25) is 5.91 Å². The van der Waals surface area contributed by atoms with Crippen LogP contribution in [0.25, 0.3) is 0 Å². The molecule has 0 aromatic heterocycles. The van der Waals surface area contributed by atoms with Gasteiger partial charge in [-0.1, -0.05) is 37.3 Å². The first kappa shape index (κ1) is 18.3. The van der Waals surface area contributed by atoms with E-state index >= 15 is 0 Å². The molecule has 138 valence electrons. The summed E-state index contributed by atoms with van der Waals surface area (Å²) in [5, 5.41) is 0. The fraction of sp³-hybridized carbons (Fsp3) is 0.200. The molecule has 7 nitrogen and oxygen atoms in total. The minimum Gasteiger partial charge on any atom is -0.274 e. The van der Waals surface area contributed by atoms with Gasteiger partial charge in [-0.2, -0.15) is 0 Å². The molecule has 3 rings (SSSR count). The summed E-state index contributed by atoms with van der Waals surface area (Å²) in [6.07, 6.45) is 0.922. The molecule has 0 atom stereocenters. The van der Waals surface area contributed by atoms with Crippen molar-refractivity contribution in [1.82, 2.24) is 15.8 Å². The van der Waals surface area contributed by atoms with Crippen molar-refractivity contribution < 1.29 is 19.2 Å². The van der Waals surface area contributed by atoms with Crippen LogP contribution in [0, 0.1) is 0 Å². The van der Waals surface area contributed by atoms with Crippen LogP contribution in [0.5, 0.6) is 0 Å². The van der Waals surface area contributed by atoms with E-state index in [-0.39, 0.29) is 6.42 Å². The van der Waals surface area contributed by atoms with Crippen molar-refractivity contribution in [3.05, 3.63) is 70.8 Å². The third-order valence-electron chi connectivity index (χ3n) is 4.38. The summed E-state index contributed by atoms with van der Waals surface area (Å²) in [6.45, 7) is 1.55. The van der Waals surface area contributed by atoms with Crippen LogP contribution in [0.15, 0.2) is 48.5 Å². The molecule has 0 unspecified atom stereocenters. The Labute approximate surface area is 156 Å². The summed E-state index contributed by atoms with van der Waals surface area (Å²) >= 11 is 0. The van der Waals surface area contributed by atoms with Gasteiger partial charge in [-0.15, -0.1) is 0 Å². The maximum atomic E-state index is 12.4. The normalized spacial score (nSPS) is 13.1. The Bertz CT molecular complexity index is 906. The van der Waals surface area contributed by atoms with Crippen molar-refractivity contribution in [3.63, 3.8) is 0 Å². The fourth-order valence-electron chi connectivity index (χ4n) is 2.83. The van der Waals surface area contributed by atoms with Crippen LogP contribution in [0.2, 0.25) is 0 Å². The molecular formula is C20H19N3O4. The lowest BCUT2D eigenvalue weighted by molar-refractivity contribution is -0.133. The van der Waals surface area contributed by atoms with Crippen molar-refractivity contribution in [2.24, 2.45) is 0 Å². The van der Waals surface area contributed by atoms with Gasteiger partial charge in [-0.25, -0.2) is 0 Å². The Morgan fingerprint density at radius 2 is 1.70 bits per heavy atom. The molecule has 2 aromatic carbocycles. The molecule has 27 heavy (non-hydrogen) atoms. The second kappa shape index (κ2) is 7.82. The molecule has 0 radical (unpaired) electrons. The van der Waals surface area contributed by atoms with Crippen molar-refractivity contribution >= 4 is 23.6 Å². The van der Waals surface area contributed by atoms with E-state index in [2.05, 4.69) is 10.9 Å². The number of imide groups is 1. The first-order valence-electron chi connectivity index (χ1n) is 8.60. The number of fused-ring (bicyclic) bond motifs is 1. The van der Waals surface area contributed by atoms with Gasteiger partial charge in [-0.3, -0.25) is 34.9 Å². The highest BCUT2D eigenvalue weighted by molar-refractivity contribution is 6.11. The zero-order valence-electron chi connectivity index (χ0n) is 14.8. The molecule has 7 heteroatoms. The highest BCUT2D eigenvalue weighted by Crippen LogP contribution is 2.19. The zero-order chi connectivity index (χ0) is 19.4. The molecule has 0 saturated carbocycles. The van der Waals surface area contributed by atoms with Gasteiger partial charge >= 0.3 is 0 Å². The average molecular weight is 365 g/mol. The Hall–Kier alpha value is -3.48. The predicted octanol–water partition coefficient (Wildman–Crippen LogP) is 1.24. The number of carbonyl (C=O) groups is 4. The molecule has 4 amide bonds. The van der Waals surface area contributed by atoms with Gasteiger partial charge in [0.05, 0.1) is 6.42 Å². The smallest absolute Gasteiger partial charge is 0.269 e. The minimum atomic E-state index is -0.658. The highest BCUT2D eigenvalue weighted by Gasteiger charge is 2.31. The Morgan fingerprint density at radius 3 is 2.41 bits per heavy atom. The number of benzene rings is 2. The van der Waals surface area contributed by atoms with Gasteiger partial charge in [0.15, 0.2) is 0 Å². The zero-order valence-corrected chi connectivity index (χ0v) is 14.8. The van der Waals surface area contributed by atoms with Crippen LogP contribution in [-0.4, -0.2) is 35.1 Å². The second-order valence-corrected chi connectivity index (χ2v) is 6.17. The summed E-state index contributed by atoms with van der Waals surface area (Å²) in [5.74, 6) is -2.10. The number of rotatable bonds is 4. The van der Waals surface area contributed by atoms with E-state index < -0.39 is 30.2 Å². The SMILES string of the molecule is CCc1ccc(C(=O)NNC(=O)CN2C(=O)Cc3ccccc3C2=O)cc1. The van der Waals surface area contributed by atoms with Gasteiger partial charge in [0, 0.05) is 11.1 Å². The maximum absolute atomic E-state index is 12.4. The van der Waals surface area contributed by atoms with E-state index in [1.54, 1.807) is 36.4 Å². The van der Waals surface area contributed by atoms with Crippen LogP contribution < -0.4 is 10.9 Å². The van der Waals surface area contributed by atoms with Crippen LogP contribution >= 0.6 is 0 Å². The summed E-state index contributed by atoms with van der Waals surface area (Å²) in [6, 6.07) is 13.8. The lowest BCUT2D eigenvalue weighted by Gasteiger charge is -2.26. The molecule has 0 fully saturated rings. The number of carbonyl (C=O) groups excluding carboxylic acids is 4. The molecule has 2 aromatic rings. The van der Waals surface area contributed by atoms with E-state index in [4.69, 9.17) is 0 Å². The summed E-state index contributed by atoms with van der Waals surface area (Å²) < 4.78 is 0. The third kappa shape index (κ3) is 4.03. The van der Waals surface area contributed by atoms with E-state index in [9.17, 15) is 19.2 Å². The van der Waals surface area contributed by atoms with Crippen molar-refractivity contribution in [2.75, 3.05) is 6.54 Å². The van der Waals surface area contributed by atoms with E-state index in [0.717, 1.165) is 16.9 Å². The van der Waals surface area contributed by atoms with Crippen LogP contribution in [-0.2, 0) is 22.4 Å². The quantitative estimate of drug-likeness (QED) is 0.629. The monoisotopic (exact) mass is 365 g/mol. The summed E-state index contributed by atoms with van der Waals surface area (Å²) in [4.78, 5) is 49.6. The largest absolute Gasteiger partial charge is 0.274 e. The molecule has 0 bridgehead atoms. The molecule has 0 saturated heterocycles. The number of aryl methyl sites for hydroxylation is 1. The number of nitrogens with zero attached hydrogens (tertiary/aromatic N) is 1. The molecular weight excluding hydrogens is 346 g/mol. The highest BCUT2D eigenvalue weighted by atomic mass is 16.2. The second-order valence-electron chi connectivity index (χ2n) is 6.17. The molecule has 1 aliphatic heterocycles. The summed E-state index contributed by atoms with van der Waals surface area (Å²) in [7, 11) is 0. The number of hydrogen-bond donors (Lipinski definition) is 2.